The summed E-state index contributed by atoms with van der Waals surface area (Å²) >= 11 is 2.41. The van der Waals surface area contributed by atoms with E-state index in [9.17, 15) is 4.79 Å². The van der Waals surface area contributed by atoms with Gasteiger partial charge in [-0.15, -0.1) is 0 Å². The van der Waals surface area contributed by atoms with E-state index in [4.69, 9.17) is 4.99 Å². The molecule has 4 aromatic rings. The van der Waals surface area contributed by atoms with Gasteiger partial charge in [-0.2, -0.15) is 0 Å². The number of amides is 1. The summed E-state index contributed by atoms with van der Waals surface area (Å²) in [7, 11) is 0. The van der Waals surface area contributed by atoms with E-state index in [2.05, 4.69) is 59.6 Å². The molecule has 1 unspecified atom stereocenters. The van der Waals surface area contributed by atoms with Crippen LogP contribution in [0.3, 0.4) is 0 Å². The van der Waals surface area contributed by atoms with E-state index in [0.29, 0.717) is 24.1 Å². The fourth-order valence-corrected chi connectivity index (χ4v) is 5.05. The zero-order valence-electron chi connectivity index (χ0n) is 18.2. The van der Waals surface area contributed by atoms with Crippen LogP contribution in [0.4, 0.5) is 5.82 Å². The second-order valence-corrected chi connectivity index (χ2v) is 10.5. The number of nitrogens with one attached hydrogen (secondary N) is 1. The Labute approximate surface area is 209 Å². The summed E-state index contributed by atoms with van der Waals surface area (Å²) in [5.74, 6) is 0.186. The molecular weight excluding hydrogens is 539 g/mol. The van der Waals surface area contributed by atoms with Crippen molar-refractivity contribution in [1.29, 1.82) is 0 Å². The first-order chi connectivity index (χ1) is 16.6. The van der Waals surface area contributed by atoms with Crippen LogP contribution in [-0.4, -0.2) is 32.0 Å². The number of benzene rings is 1. The smallest absolute Gasteiger partial charge is 0.275 e. The van der Waals surface area contributed by atoms with Crippen molar-refractivity contribution in [1.82, 2.24) is 19.5 Å². The molecule has 34 heavy (non-hydrogen) atoms. The van der Waals surface area contributed by atoms with Crippen LogP contribution in [-0.2, 0) is 3.42 Å². The quantitative estimate of drug-likeness (QED) is 0.298. The van der Waals surface area contributed by atoms with Crippen molar-refractivity contribution in [2.24, 2.45) is 4.99 Å². The molecule has 0 radical (unpaired) electrons. The van der Waals surface area contributed by atoms with Gasteiger partial charge in [0.15, 0.2) is 0 Å². The monoisotopic (exact) mass is 560 g/mol. The molecule has 0 spiro atoms. The number of halogens is 1. The number of aromatic nitrogens is 4. The maximum atomic E-state index is 13.1. The van der Waals surface area contributed by atoms with Crippen LogP contribution in [0.25, 0.3) is 17.5 Å². The highest BCUT2D eigenvalue weighted by molar-refractivity contribution is 14.1. The SMILES string of the molecule is O=C(Nc1cccc(-c2cncn2C2CC2)n1)c1cc(C2(I)C=c3ccccc3=NC2)ccn1. The molecule has 1 amide bonds. The highest BCUT2D eigenvalue weighted by atomic mass is 127. The van der Waals surface area contributed by atoms with Gasteiger partial charge in [-0.25, -0.2) is 9.97 Å². The summed E-state index contributed by atoms with van der Waals surface area (Å²) in [4.78, 5) is 31.1. The maximum Gasteiger partial charge on any atom is 0.275 e. The summed E-state index contributed by atoms with van der Waals surface area (Å²) in [6.45, 7) is 0.605. The minimum atomic E-state index is -0.344. The first kappa shape index (κ1) is 21.2. The fourth-order valence-electron chi connectivity index (χ4n) is 4.21. The number of para-hydroxylation sites is 1. The number of imidazole rings is 1. The van der Waals surface area contributed by atoms with Gasteiger partial charge in [-0.3, -0.25) is 14.8 Å². The molecule has 0 bridgehead atoms. The summed E-state index contributed by atoms with van der Waals surface area (Å²) in [5, 5.41) is 5.00. The fraction of sp³-hybridized carbons (Fsp3) is 0.192. The molecule has 1 fully saturated rings. The maximum absolute atomic E-state index is 13.1. The summed E-state index contributed by atoms with van der Waals surface area (Å²) < 4.78 is 1.81. The minimum Gasteiger partial charge on any atom is -0.326 e. The van der Waals surface area contributed by atoms with Crippen LogP contribution < -0.4 is 15.9 Å². The third kappa shape index (κ3) is 4.02. The van der Waals surface area contributed by atoms with Gasteiger partial charge in [-0.1, -0.05) is 52.9 Å². The molecule has 1 N–H and O–H groups in total. The molecule has 1 atom stereocenters. The minimum absolute atomic E-state index is 0.296. The van der Waals surface area contributed by atoms with Crippen molar-refractivity contribution >= 4 is 40.4 Å². The van der Waals surface area contributed by atoms with E-state index in [-0.39, 0.29) is 9.33 Å². The number of anilines is 1. The van der Waals surface area contributed by atoms with Gasteiger partial charge in [0.2, 0.25) is 0 Å². The Bertz CT molecular complexity index is 1530. The first-order valence-corrected chi connectivity index (χ1v) is 12.3. The van der Waals surface area contributed by atoms with Crippen molar-refractivity contribution in [3.05, 3.63) is 95.2 Å². The summed E-state index contributed by atoms with van der Waals surface area (Å²) in [6.07, 6.45) is 9.88. The van der Waals surface area contributed by atoms with Gasteiger partial charge < -0.3 is 9.88 Å². The standard InChI is InChI=1S/C26H21IN6O/c27-26(13-17-4-1-2-5-20(17)30-15-26)18-10-11-29-22(12-18)25(34)32-24-7-3-6-21(31-24)23-14-28-16-33(23)19-8-9-19/h1-7,10-14,16,19H,8-9,15H2,(H,31,32,34). The number of nitrogens with zero attached hydrogens (tertiary/aromatic N) is 5. The van der Waals surface area contributed by atoms with Gasteiger partial charge in [0.05, 0.1) is 39.2 Å². The number of alkyl halides is 1. The zero-order valence-corrected chi connectivity index (χ0v) is 20.4. The Morgan fingerprint density at radius 2 is 2.00 bits per heavy atom. The Morgan fingerprint density at radius 3 is 2.88 bits per heavy atom. The molecule has 0 saturated heterocycles. The van der Waals surface area contributed by atoms with Gasteiger partial charge in [0.1, 0.15) is 11.5 Å². The molecule has 168 valence electrons. The lowest BCUT2D eigenvalue weighted by Crippen LogP contribution is -2.36. The molecular formula is C26H21IN6O. The number of fused-ring (bicyclic) bond motifs is 1. The van der Waals surface area contributed by atoms with Gasteiger partial charge >= 0.3 is 0 Å². The number of carbonyl (C=O) groups excluding carboxylic acids is 1. The lowest BCUT2D eigenvalue weighted by molar-refractivity contribution is 0.102. The molecule has 4 heterocycles. The Kier molecular flexibility index (Phi) is 5.24. The molecule has 1 saturated carbocycles. The van der Waals surface area contributed by atoms with Crippen LogP contribution in [0.2, 0.25) is 0 Å². The highest BCUT2D eigenvalue weighted by Gasteiger charge is 2.29. The van der Waals surface area contributed by atoms with Crippen molar-refractivity contribution in [2.75, 3.05) is 11.9 Å². The van der Waals surface area contributed by atoms with E-state index in [1.54, 1.807) is 12.3 Å². The van der Waals surface area contributed by atoms with E-state index in [1.165, 1.54) is 0 Å². The Hall–Kier alpha value is -3.40. The zero-order chi connectivity index (χ0) is 23.1. The topological polar surface area (TPSA) is 85.1 Å². The number of hydrogen-bond donors (Lipinski definition) is 1. The highest BCUT2D eigenvalue weighted by Crippen LogP contribution is 2.38. The summed E-state index contributed by atoms with van der Waals surface area (Å²) in [5.41, 5.74) is 3.08. The molecule has 1 aliphatic carbocycles. The van der Waals surface area contributed by atoms with Crippen LogP contribution in [0.15, 0.2) is 78.3 Å². The van der Waals surface area contributed by atoms with Crippen LogP contribution in [0.5, 0.6) is 0 Å². The van der Waals surface area contributed by atoms with Gasteiger partial charge in [0.25, 0.3) is 5.91 Å². The lowest BCUT2D eigenvalue weighted by Gasteiger charge is -2.25. The molecule has 2 aliphatic rings. The Morgan fingerprint density at radius 1 is 1.12 bits per heavy atom. The second-order valence-electron chi connectivity index (χ2n) is 8.59. The Balaban J connectivity index is 1.26. The van der Waals surface area contributed by atoms with Crippen molar-refractivity contribution in [3.8, 4) is 11.4 Å². The number of rotatable bonds is 5. The van der Waals surface area contributed by atoms with Crippen LogP contribution >= 0.6 is 22.6 Å². The van der Waals surface area contributed by atoms with Crippen LogP contribution in [0.1, 0.15) is 34.9 Å². The lowest BCUT2D eigenvalue weighted by atomic mass is 9.96. The van der Waals surface area contributed by atoms with Crippen molar-refractivity contribution < 1.29 is 4.79 Å². The summed E-state index contributed by atoms with van der Waals surface area (Å²) in [6, 6.07) is 18.0. The van der Waals surface area contributed by atoms with E-state index < -0.39 is 0 Å². The van der Waals surface area contributed by atoms with Gasteiger partial charge in [-0.05, 0) is 54.0 Å². The number of carbonyl (C=O) groups is 1. The van der Waals surface area contributed by atoms with E-state index in [1.807, 2.05) is 55.0 Å². The predicted octanol–water partition coefficient (Wildman–Crippen LogP) is 3.67. The average molecular weight is 560 g/mol. The number of pyridine rings is 2. The third-order valence-corrected chi connectivity index (χ3v) is 7.41. The molecule has 8 heteroatoms. The van der Waals surface area contributed by atoms with E-state index >= 15 is 0 Å². The van der Waals surface area contributed by atoms with Crippen LogP contribution in [0, 0.1) is 0 Å². The molecule has 1 aliphatic heterocycles. The predicted molar refractivity (Wildman–Crippen MR) is 138 cm³/mol. The first-order valence-electron chi connectivity index (χ1n) is 11.2. The molecule has 1 aromatic carbocycles. The van der Waals surface area contributed by atoms with Crippen molar-refractivity contribution in [3.63, 3.8) is 0 Å². The average Bonchev–Trinajstić information content (AvgIpc) is 3.60. The molecule has 7 nitrogen and oxygen atoms in total. The second kappa shape index (κ2) is 8.43. The largest absolute Gasteiger partial charge is 0.326 e. The van der Waals surface area contributed by atoms with Gasteiger partial charge in [0, 0.05) is 12.2 Å². The molecule has 6 rings (SSSR count). The van der Waals surface area contributed by atoms with Crippen molar-refractivity contribution in [2.45, 2.75) is 22.3 Å². The third-order valence-electron chi connectivity index (χ3n) is 6.13. The van der Waals surface area contributed by atoms with E-state index in [0.717, 1.165) is 40.4 Å². The normalized spacial score (nSPS) is 19.0. The number of hydrogen-bond acceptors (Lipinski definition) is 5. The molecule has 3 aromatic heterocycles.